The number of hydrogen-bond donors (Lipinski definition) is 0. The molecule has 0 aromatic rings. The molecule has 6 heteroatoms. The normalized spacial score (nSPS) is 12.5. The van der Waals surface area contributed by atoms with Crippen molar-refractivity contribution >= 4 is 17.9 Å². The molecule has 0 aromatic heterocycles. The standard InChI is InChI=1S/C77H138O6/c1-4-7-10-13-16-18-20-22-24-26-28-30-32-34-36-38-40-41-43-45-47-49-51-53-55-57-59-61-64-67-70-76(79)82-73-74(72-81-75(78)69-66-63-15-12-9-6-3)83-77(80)71-68-65-62-60-58-56-54-52-50-48-46-44-42-39-37-35-33-31-29-27-25-23-21-19-17-14-11-8-5-2/h8,11,17,19,23,25,29,31,35,37,42,44,74H,4-7,9-10,12-16,18,20-22,24,26-28,30,32-34,36,38-41,43,45-73H2,1-3H3/b11-8-,19-17-,25-23-,31-29-,37-35-,44-42-. The van der Waals surface area contributed by atoms with E-state index in [0.29, 0.717) is 19.3 Å². The second-order valence-electron chi connectivity index (χ2n) is 24.5. The number of carbonyl (C=O) groups excluding carboxylic acids is 3. The minimum atomic E-state index is -0.774. The number of allylic oxidation sites excluding steroid dienone is 12. The van der Waals surface area contributed by atoms with Crippen LogP contribution in [-0.4, -0.2) is 37.2 Å². The summed E-state index contributed by atoms with van der Waals surface area (Å²) < 4.78 is 16.9. The van der Waals surface area contributed by atoms with Crippen LogP contribution < -0.4 is 0 Å². The van der Waals surface area contributed by atoms with Gasteiger partial charge < -0.3 is 14.2 Å². The predicted octanol–water partition coefficient (Wildman–Crippen LogP) is 25.2. The van der Waals surface area contributed by atoms with E-state index in [1.807, 2.05) is 0 Å². The van der Waals surface area contributed by atoms with Crippen molar-refractivity contribution < 1.29 is 28.6 Å². The van der Waals surface area contributed by atoms with Gasteiger partial charge in [0.1, 0.15) is 13.2 Å². The first-order chi connectivity index (χ1) is 41.0. The van der Waals surface area contributed by atoms with Crippen LogP contribution >= 0.6 is 0 Å². The third-order valence-electron chi connectivity index (χ3n) is 16.2. The van der Waals surface area contributed by atoms with Gasteiger partial charge in [0.05, 0.1) is 0 Å². The molecule has 6 nitrogen and oxygen atoms in total. The molecule has 0 N–H and O–H groups in total. The van der Waals surface area contributed by atoms with Crippen LogP contribution in [0, 0.1) is 0 Å². The van der Waals surface area contributed by atoms with Crippen molar-refractivity contribution in [2.75, 3.05) is 13.2 Å². The molecule has 0 saturated heterocycles. The van der Waals surface area contributed by atoms with Crippen LogP contribution in [0.15, 0.2) is 72.9 Å². The Morgan fingerprint density at radius 3 is 0.735 bits per heavy atom. The predicted molar refractivity (Wildman–Crippen MR) is 362 cm³/mol. The molecule has 0 aliphatic rings. The average Bonchev–Trinajstić information content (AvgIpc) is 3.48. The lowest BCUT2D eigenvalue weighted by atomic mass is 10.0. The Balaban J connectivity index is 3.99. The number of rotatable bonds is 67. The Labute approximate surface area is 516 Å². The smallest absolute Gasteiger partial charge is 0.306 e. The number of unbranched alkanes of at least 4 members (excludes halogenated alkanes) is 44. The summed E-state index contributed by atoms with van der Waals surface area (Å²) in [5.41, 5.74) is 0. The van der Waals surface area contributed by atoms with E-state index in [1.54, 1.807) is 0 Å². The van der Waals surface area contributed by atoms with Crippen LogP contribution in [-0.2, 0) is 28.6 Å². The Kier molecular flexibility index (Phi) is 68.6. The highest BCUT2D eigenvalue weighted by Gasteiger charge is 2.19. The summed E-state index contributed by atoms with van der Waals surface area (Å²) >= 11 is 0. The Bertz CT molecular complexity index is 1520. The molecule has 1 atom stereocenters. The molecule has 0 fully saturated rings. The number of hydrogen-bond acceptors (Lipinski definition) is 6. The molecule has 0 rings (SSSR count). The van der Waals surface area contributed by atoms with Crippen LogP contribution in [0.25, 0.3) is 0 Å². The fourth-order valence-corrected chi connectivity index (χ4v) is 10.8. The van der Waals surface area contributed by atoms with Crippen molar-refractivity contribution in [3.05, 3.63) is 72.9 Å². The van der Waals surface area contributed by atoms with Gasteiger partial charge in [0, 0.05) is 19.3 Å². The lowest BCUT2D eigenvalue weighted by Crippen LogP contribution is -2.30. The van der Waals surface area contributed by atoms with Gasteiger partial charge in [-0.3, -0.25) is 14.4 Å². The third-order valence-corrected chi connectivity index (χ3v) is 16.2. The molecule has 0 aliphatic carbocycles. The van der Waals surface area contributed by atoms with Crippen LogP contribution in [0.1, 0.15) is 380 Å². The maximum atomic E-state index is 12.9. The van der Waals surface area contributed by atoms with Gasteiger partial charge in [-0.1, -0.05) is 363 Å². The second kappa shape index (κ2) is 71.3. The summed E-state index contributed by atoms with van der Waals surface area (Å²) in [4.78, 5) is 38.1. The molecule has 0 spiro atoms. The molecule has 0 aromatic carbocycles. The topological polar surface area (TPSA) is 78.9 Å². The minimum Gasteiger partial charge on any atom is -0.462 e. The molecule has 0 saturated carbocycles. The number of esters is 3. The van der Waals surface area contributed by atoms with E-state index in [1.165, 1.54) is 244 Å². The first-order valence-electron chi connectivity index (χ1n) is 36.4. The van der Waals surface area contributed by atoms with Gasteiger partial charge in [-0.15, -0.1) is 0 Å². The summed E-state index contributed by atoms with van der Waals surface area (Å²) in [7, 11) is 0. The second-order valence-corrected chi connectivity index (χ2v) is 24.5. The zero-order valence-corrected chi connectivity index (χ0v) is 55.5. The van der Waals surface area contributed by atoms with E-state index < -0.39 is 6.10 Å². The largest absolute Gasteiger partial charge is 0.462 e. The molecule has 482 valence electrons. The van der Waals surface area contributed by atoms with Crippen LogP contribution in [0.3, 0.4) is 0 Å². The van der Waals surface area contributed by atoms with Crippen molar-refractivity contribution in [1.29, 1.82) is 0 Å². The van der Waals surface area contributed by atoms with Gasteiger partial charge in [-0.25, -0.2) is 0 Å². The molecule has 83 heavy (non-hydrogen) atoms. The molecule has 0 bridgehead atoms. The van der Waals surface area contributed by atoms with E-state index in [9.17, 15) is 14.4 Å². The summed E-state index contributed by atoms with van der Waals surface area (Å²) in [6.07, 6.45) is 94.2. The van der Waals surface area contributed by atoms with Crippen molar-refractivity contribution in [3.8, 4) is 0 Å². The monoisotopic (exact) mass is 1160 g/mol. The first-order valence-corrected chi connectivity index (χ1v) is 36.4. The number of ether oxygens (including phenoxy) is 3. The molecule has 0 heterocycles. The Morgan fingerprint density at radius 1 is 0.253 bits per heavy atom. The highest BCUT2D eigenvalue weighted by Crippen LogP contribution is 2.19. The van der Waals surface area contributed by atoms with Gasteiger partial charge in [0.15, 0.2) is 6.10 Å². The SMILES string of the molecule is CC/C=C\C/C=C\C/C=C\C/C=C\C/C=C\C/C=C\CCCCCCCCCCCCC(=O)OC(COC(=O)CCCCCCCC)COC(=O)CCCCCCCCCCCCCCCCCCCCCCCCCCCCCCCC. The van der Waals surface area contributed by atoms with Gasteiger partial charge in [-0.05, 0) is 70.6 Å². The van der Waals surface area contributed by atoms with E-state index in [0.717, 1.165) is 96.3 Å². The summed E-state index contributed by atoms with van der Waals surface area (Å²) in [6.45, 7) is 6.52. The van der Waals surface area contributed by atoms with Crippen molar-refractivity contribution in [2.45, 2.75) is 386 Å². The van der Waals surface area contributed by atoms with E-state index in [2.05, 4.69) is 93.7 Å². The number of carbonyl (C=O) groups is 3. The van der Waals surface area contributed by atoms with Crippen LogP contribution in [0.2, 0.25) is 0 Å². The maximum Gasteiger partial charge on any atom is 0.306 e. The quantitative estimate of drug-likeness (QED) is 0.0261. The van der Waals surface area contributed by atoms with E-state index >= 15 is 0 Å². The molecular weight excluding hydrogens is 1020 g/mol. The first kappa shape index (κ1) is 79.8. The fraction of sp³-hybridized carbons (Fsp3) is 0.805. The van der Waals surface area contributed by atoms with Gasteiger partial charge in [0.25, 0.3) is 0 Å². The van der Waals surface area contributed by atoms with Crippen molar-refractivity contribution in [3.63, 3.8) is 0 Å². The van der Waals surface area contributed by atoms with Crippen molar-refractivity contribution in [1.82, 2.24) is 0 Å². The van der Waals surface area contributed by atoms with E-state index in [4.69, 9.17) is 14.2 Å². The molecule has 0 radical (unpaired) electrons. The van der Waals surface area contributed by atoms with Crippen LogP contribution in [0.4, 0.5) is 0 Å². The maximum absolute atomic E-state index is 12.9. The lowest BCUT2D eigenvalue weighted by molar-refractivity contribution is -0.167. The summed E-state index contributed by atoms with van der Waals surface area (Å²) in [6, 6.07) is 0. The summed E-state index contributed by atoms with van der Waals surface area (Å²) in [5, 5.41) is 0. The lowest BCUT2D eigenvalue weighted by Gasteiger charge is -2.18. The van der Waals surface area contributed by atoms with Gasteiger partial charge in [-0.2, -0.15) is 0 Å². The highest BCUT2D eigenvalue weighted by molar-refractivity contribution is 5.71. The van der Waals surface area contributed by atoms with Gasteiger partial charge >= 0.3 is 17.9 Å². The molecule has 1 unspecified atom stereocenters. The zero-order chi connectivity index (χ0) is 59.9. The Hall–Kier alpha value is -3.15. The molecular formula is C77H138O6. The minimum absolute atomic E-state index is 0.0725. The fourth-order valence-electron chi connectivity index (χ4n) is 10.8. The third kappa shape index (κ3) is 69.5. The van der Waals surface area contributed by atoms with E-state index in [-0.39, 0.29) is 31.1 Å². The van der Waals surface area contributed by atoms with Gasteiger partial charge in [0.2, 0.25) is 0 Å². The van der Waals surface area contributed by atoms with Crippen molar-refractivity contribution in [2.24, 2.45) is 0 Å². The average molecular weight is 1160 g/mol. The zero-order valence-electron chi connectivity index (χ0n) is 55.5. The molecule has 0 aliphatic heterocycles. The summed E-state index contributed by atoms with van der Waals surface area (Å²) in [5.74, 6) is -0.867. The van der Waals surface area contributed by atoms with Crippen LogP contribution in [0.5, 0.6) is 0 Å². The highest BCUT2D eigenvalue weighted by atomic mass is 16.6. The Morgan fingerprint density at radius 2 is 0.470 bits per heavy atom. The molecule has 0 amide bonds.